The molecule has 2 aromatic carbocycles. The van der Waals surface area contributed by atoms with Crippen LogP contribution in [0.15, 0.2) is 54.6 Å². The molecule has 0 radical (unpaired) electrons. The third-order valence-corrected chi connectivity index (χ3v) is 4.83. The third-order valence-electron chi connectivity index (χ3n) is 4.83. The van der Waals surface area contributed by atoms with E-state index < -0.39 is 0 Å². The van der Waals surface area contributed by atoms with Crippen LogP contribution in [0.1, 0.15) is 38.4 Å². The molecule has 0 saturated carbocycles. The smallest absolute Gasteiger partial charge is 0.255 e. The zero-order chi connectivity index (χ0) is 20.1. The molecule has 3 aromatic rings. The number of hydrogen-bond acceptors (Lipinski definition) is 3. The van der Waals surface area contributed by atoms with Crippen LogP contribution in [-0.4, -0.2) is 34.7 Å². The summed E-state index contributed by atoms with van der Waals surface area (Å²) in [6.45, 7) is 5.86. The van der Waals surface area contributed by atoms with Crippen LogP contribution in [0.25, 0.3) is 0 Å². The highest BCUT2D eigenvalue weighted by Crippen LogP contribution is 2.16. The van der Waals surface area contributed by atoms with Gasteiger partial charge >= 0.3 is 0 Å². The van der Waals surface area contributed by atoms with E-state index in [0.29, 0.717) is 18.7 Å². The van der Waals surface area contributed by atoms with Crippen LogP contribution in [-0.2, 0) is 19.6 Å². The summed E-state index contributed by atoms with van der Waals surface area (Å²) in [7, 11) is 4.09. The number of benzene rings is 2. The molecule has 146 valence electrons. The Hall–Kier alpha value is -2.92. The summed E-state index contributed by atoms with van der Waals surface area (Å²) >= 11 is 0. The highest BCUT2D eigenvalue weighted by molar-refractivity contribution is 5.96. The van der Waals surface area contributed by atoms with E-state index in [1.807, 2.05) is 63.0 Å². The van der Waals surface area contributed by atoms with Crippen molar-refractivity contribution in [2.75, 3.05) is 14.1 Å². The molecular formula is C23H28N4O. The number of carbonyl (C=O) groups excluding carboxylic acids is 1. The third kappa shape index (κ3) is 4.67. The van der Waals surface area contributed by atoms with Crippen LogP contribution < -0.4 is 5.32 Å². The minimum atomic E-state index is -0.0750. The minimum Gasteiger partial charge on any atom is -0.348 e. The van der Waals surface area contributed by atoms with Crippen molar-refractivity contribution < 1.29 is 4.79 Å². The maximum Gasteiger partial charge on any atom is 0.255 e. The fourth-order valence-electron chi connectivity index (χ4n) is 3.42. The van der Waals surface area contributed by atoms with Gasteiger partial charge in [-0.3, -0.25) is 9.48 Å². The van der Waals surface area contributed by atoms with Gasteiger partial charge in [-0.1, -0.05) is 54.6 Å². The maximum absolute atomic E-state index is 12.9. The van der Waals surface area contributed by atoms with Gasteiger partial charge in [0, 0.05) is 18.8 Å². The highest BCUT2D eigenvalue weighted by atomic mass is 16.1. The first kappa shape index (κ1) is 19.8. The number of nitrogens with zero attached hydrogens (tertiary/aromatic N) is 3. The van der Waals surface area contributed by atoms with E-state index in [-0.39, 0.29) is 5.91 Å². The largest absolute Gasteiger partial charge is 0.348 e. The molecule has 0 atom stereocenters. The molecule has 1 N–H and O–H groups in total. The number of rotatable bonds is 7. The van der Waals surface area contributed by atoms with Gasteiger partial charge in [0.2, 0.25) is 0 Å². The number of aromatic nitrogens is 2. The lowest BCUT2D eigenvalue weighted by Gasteiger charge is -2.14. The fraction of sp³-hybridized carbons (Fsp3) is 0.304. The molecule has 0 aliphatic rings. The van der Waals surface area contributed by atoms with Gasteiger partial charge < -0.3 is 10.2 Å². The average Bonchev–Trinajstić information content (AvgIpc) is 2.94. The molecular weight excluding hydrogens is 348 g/mol. The Kier molecular flexibility index (Phi) is 6.26. The van der Waals surface area contributed by atoms with Crippen molar-refractivity contribution in [3.05, 3.63) is 88.2 Å². The van der Waals surface area contributed by atoms with Gasteiger partial charge in [0.05, 0.1) is 17.8 Å². The van der Waals surface area contributed by atoms with Gasteiger partial charge in [-0.25, -0.2) is 0 Å². The van der Waals surface area contributed by atoms with E-state index in [2.05, 4.69) is 39.6 Å². The van der Waals surface area contributed by atoms with Crippen molar-refractivity contribution >= 4 is 5.91 Å². The highest BCUT2D eigenvalue weighted by Gasteiger charge is 2.19. The quantitative estimate of drug-likeness (QED) is 0.686. The first-order valence-electron chi connectivity index (χ1n) is 9.53. The van der Waals surface area contributed by atoms with E-state index in [1.54, 1.807) is 0 Å². The van der Waals surface area contributed by atoms with Crippen molar-refractivity contribution in [2.45, 2.75) is 33.5 Å². The Bertz CT molecular complexity index is 944. The van der Waals surface area contributed by atoms with Crippen LogP contribution in [0.3, 0.4) is 0 Å². The molecule has 1 amide bonds. The van der Waals surface area contributed by atoms with Crippen LogP contribution in [0.5, 0.6) is 0 Å². The predicted molar refractivity (Wildman–Crippen MR) is 112 cm³/mol. The van der Waals surface area contributed by atoms with Gasteiger partial charge in [-0.15, -0.1) is 0 Å². The fourth-order valence-corrected chi connectivity index (χ4v) is 3.42. The number of carbonyl (C=O) groups is 1. The molecule has 0 aliphatic carbocycles. The molecule has 0 fully saturated rings. The lowest BCUT2D eigenvalue weighted by Crippen LogP contribution is -2.25. The van der Waals surface area contributed by atoms with E-state index >= 15 is 0 Å². The van der Waals surface area contributed by atoms with E-state index in [4.69, 9.17) is 0 Å². The SMILES string of the molecule is Cc1nn(Cc2ccccc2)c(C)c1C(=O)NCc1ccccc1CN(C)C. The van der Waals surface area contributed by atoms with Crippen LogP contribution in [0, 0.1) is 13.8 Å². The second kappa shape index (κ2) is 8.85. The number of amides is 1. The zero-order valence-electron chi connectivity index (χ0n) is 17.1. The molecule has 1 aromatic heterocycles. The van der Waals surface area contributed by atoms with Crippen LogP contribution in [0.4, 0.5) is 0 Å². The van der Waals surface area contributed by atoms with Crippen molar-refractivity contribution in [3.8, 4) is 0 Å². The second-order valence-corrected chi connectivity index (χ2v) is 7.38. The summed E-state index contributed by atoms with van der Waals surface area (Å²) < 4.78 is 1.90. The second-order valence-electron chi connectivity index (χ2n) is 7.38. The summed E-state index contributed by atoms with van der Waals surface area (Å²) in [5, 5.41) is 7.66. The van der Waals surface area contributed by atoms with Gasteiger partial charge in [0.15, 0.2) is 0 Å². The molecule has 3 rings (SSSR count). The Morgan fingerprint density at radius 1 is 1.00 bits per heavy atom. The normalized spacial score (nSPS) is 11.0. The van der Waals surface area contributed by atoms with Crippen molar-refractivity contribution in [3.63, 3.8) is 0 Å². The monoisotopic (exact) mass is 376 g/mol. The van der Waals surface area contributed by atoms with Crippen molar-refractivity contribution in [2.24, 2.45) is 0 Å². The Labute approximate surface area is 167 Å². The van der Waals surface area contributed by atoms with Gasteiger partial charge in [-0.2, -0.15) is 5.10 Å². The molecule has 28 heavy (non-hydrogen) atoms. The van der Waals surface area contributed by atoms with Crippen LogP contribution >= 0.6 is 0 Å². The lowest BCUT2D eigenvalue weighted by atomic mass is 10.1. The zero-order valence-corrected chi connectivity index (χ0v) is 17.1. The molecule has 1 heterocycles. The molecule has 5 heteroatoms. The summed E-state index contributed by atoms with van der Waals surface area (Å²) in [5.41, 5.74) is 5.84. The molecule has 0 spiro atoms. The predicted octanol–water partition coefficient (Wildman–Crippen LogP) is 3.54. The molecule has 0 saturated heterocycles. The molecule has 0 bridgehead atoms. The standard InChI is InChI=1S/C23H28N4O/c1-17-22(18(2)27(25-17)15-19-10-6-5-7-11-19)23(28)24-14-20-12-8-9-13-21(20)16-26(3)4/h5-13H,14-16H2,1-4H3,(H,24,28). The maximum atomic E-state index is 12.9. The van der Waals surface area contributed by atoms with Gasteiger partial charge in [0.25, 0.3) is 5.91 Å². The van der Waals surface area contributed by atoms with E-state index in [9.17, 15) is 4.79 Å². The summed E-state index contributed by atoms with van der Waals surface area (Å²) in [5.74, 6) is -0.0750. The number of nitrogens with one attached hydrogen (secondary N) is 1. The van der Waals surface area contributed by atoms with E-state index in [0.717, 1.165) is 29.1 Å². The Balaban J connectivity index is 1.73. The first-order valence-corrected chi connectivity index (χ1v) is 9.53. The Morgan fingerprint density at radius 3 is 2.32 bits per heavy atom. The summed E-state index contributed by atoms with van der Waals surface area (Å²) in [4.78, 5) is 15.0. The Morgan fingerprint density at radius 2 is 1.64 bits per heavy atom. The molecule has 5 nitrogen and oxygen atoms in total. The van der Waals surface area contributed by atoms with Gasteiger partial charge in [0.1, 0.15) is 0 Å². The summed E-state index contributed by atoms with van der Waals surface area (Å²) in [6, 6.07) is 18.4. The number of aryl methyl sites for hydroxylation is 1. The lowest BCUT2D eigenvalue weighted by molar-refractivity contribution is 0.0949. The van der Waals surface area contributed by atoms with Gasteiger partial charge in [-0.05, 0) is 44.6 Å². The number of hydrogen-bond donors (Lipinski definition) is 1. The topological polar surface area (TPSA) is 50.2 Å². The summed E-state index contributed by atoms with van der Waals surface area (Å²) in [6.07, 6.45) is 0. The van der Waals surface area contributed by atoms with Crippen LogP contribution in [0.2, 0.25) is 0 Å². The van der Waals surface area contributed by atoms with Crippen molar-refractivity contribution in [1.29, 1.82) is 0 Å². The average molecular weight is 377 g/mol. The molecule has 0 unspecified atom stereocenters. The minimum absolute atomic E-state index is 0.0750. The van der Waals surface area contributed by atoms with Crippen molar-refractivity contribution in [1.82, 2.24) is 20.0 Å². The first-order chi connectivity index (χ1) is 13.5. The molecule has 0 aliphatic heterocycles. The van der Waals surface area contributed by atoms with E-state index in [1.165, 1.54) is 5.56 Å².